The average molecular weight is 224 g/mol. The van der Waals surface area contributed by atoms with Crippen LogP contribution in [0, 0.1) is 0 Å². The van der Waals surface area contributed by atoms with Crippen LogP contribution in [0.4, 0.5) is 4.79 Å². The lowest BCUT2D eigenvalue weighted by molar-refractivity contribution is 0.241. The molecule has 5 heteroatoms. The number of methoxy groups -OCH3 is 1. The second-order valence-electron chi connectivity index (χ2n) is 3.22. The molecule has 0 fully saturated rings. The van der Waals surface area contributed by atoms with E-state index in [-0.39, 0.29) is 11.8 Å². The Morgan fingerprint density at radius 1 is 1.44 bits per heavy atom. The summed E-state index contributed by atoms with van der Waals surface area (Å²) in [6.45, 7) is 2.79. The number of nitrogens with one attached hydrogen (secondary N) is 2. The van der Waals surface area contributed by atoms with Gasteiger partial charge in [0, 0.05) is 13.1 Å². The number of aromatic hydroxyl groups is 1. The van der Waals surface area contributed by atoms with Crippen molar-refractivity contribution in [3.63, 3.8) is 0 Å². The van der Waals surface area contributed by atoms with Crippen LogP contribution in [0.2, 0.25) is 0 Å². The molecule has 0 bridgehead atoms. The molecule has 1 rings (SSSR count). The van der Waals surface area contributed by atoms with E-state index < -0.39 is 0 Å². The first-order chi connectivity index (χ1) is 7.67. The molecule has 0 atom stereocenters. The van der Waals surface area contributed by atoms with Crippen LogP contribution in [0.15, 0.2) is 18.2 Å². The Bertz CT molecular complexity index is 366. The summed E-state index contributed by atoms with van der Waals surface area (Å²) in [5, 5.41) is 14.8. The molecule has 0 unspecified atom stereocenters. The molecule has 5 nitrogen and oxygen atoms in total. The number of amides is 2. The third-order valence-electron chi connectivity index (χ3n) is 2.03. The van der Waals surface area contributed by atoms with Crippen LogP contribution in [0.3, 0.4) is 0 Å². The predicted octanol–water partition coefficient (Wildman–Crippen LogP) is 1.22. The van der Waals surface area contributed by atoms with Crippen LogP contribution in [-0.4, -0.2) is 24.8 Å². The minimum atomic E-state index is -0.224. The lowest BCUT2D eigenvalue weighted by atomic mass is 10.2. The molecule has 0 saturated carbocycles. The first-order valence-corrected chi connectivity index (χ1v) is 5.05. The zero-order valence-corrected chi connectivity index (χ0v) is 9.41. The van der Waals surface area contributed by atoms with Crippen molar-refractivity contribution in [3.05, 3.63) is 23.8 Å². The number of carbonyl (C=O) groups excluding carboxylic acids is 1. The fourth-order valence-corrected chi connectivity index (χ4v) is 1.25. The standard InChI is InChI=1S/C11H16N2O3/c1-3-12-11(15)13-7-8-4-5-10(16-2)9(14)6-8/h4-6,14H,3,7H2,1-2H3,(H2,12,13,15). The van der Waals surface area contributed by atoms with E-state index in [0.29, 0.717) is 18.8 Å². The second-order valence-corrected chi connectivity index (χ2v) is 3.22. The molecule has 0 heterocycles. The first kappa shape index (κ1) is 12.2. The third kappa shape index (κ3) is 3.34. The Morgan fingerprint density at radius 3 is 2.75 bits per heavy atom. The minimum Gasteiger partial charge on any atom is -0.504 e. The first-order valence-electron chi connectivity index (χ1n) is 5.05. The molecule has 0 spiro atoms. The second kappa shape index (κ2) is 5.85. The number of rotatable bonds is 4. The minimum absolute atomic E-state index is 0.0673. The fourth-order valence-electron chi connectivity index (χ4n) is 1.25. The van der Waals surface area contributed by atoms with Gasteiger partial charge in [0.05, 0.1) is 7.11 Å². The van der Waals surface area contributed by atoms with E-state index >= 15 is 0 Å². The number of hydrogen-bond acceptors (Lipinski definition) is 3. The Hall–Kier alpha value is -1.91. The molecule has 88 valence electrons. The number of benzene rings is 1. The van der Waals surface area contributed by atoms with E-state index in [2.05, 4.69) is 10.6 Å². The van der Waals surface area contributed by atoms with Crippen LogP contribution >= 0.6 is 0 Å². The molecule has 0 radical (unpaired) electrons. The van der Waals surface area contributed by atoms with Crippen molar-refractivity contribution in [3.8, 4) is 11.5 Å². The highest BCUT2D eigenvalue weighted by Gasteiger charge is 2.03. The van der Waals surface area contributed by atoms with E-state index in [4.69, 9.17) is 4.74 Å². The number of ether oxygens (including phenoxy) is 1. The molecule has 1 aromatic carbocycles. The molecule has 3 N–H and O–H groups in total. The van der Waals surface area contributed by atoms with Gasteiger partial charge in [0.1, 0.15) is 0 Å². The van der Waals surface area contributed by atoms with E-state index in [1.54, 1.807) is 18.2 Å². The summed E-state index contributed by atoms with van der Waals surface area (Å²) < 4.78 is 4.91. The number of carbonyl (C=O) groups is 1. The quantitative estimate of drug-likeness (QED) is 0.720. The van der Waals surface area contributed by atoms with Gasteiger partial charge in [-0.2, -0.15) is 0 Å². The van der Waals surface area contributed by atoms with E-state index in [0.717, 1.165) is 5.56 Å². The van der Waals surface area contributed by atoms with Gasteiger partial charge < -0.3 is 20.5 Å². The van der Waals surface area contributed by atoms with Gasteiger partial charge >= 0.3 is 6.03 Å². The summed E-state index contributed by atoms with van der Waals surface area (Å²) in [4.78, 5) is 11.1. The summed E-state index contributed by atoms with van der Waals surface area (Å²) >= 11 is 0. The van der Waals surface area contributed by atoms with Crippen LogP contribution < -0.4 is 15.4 Å². The van der Waals surface area contributed by atoms with E-state index in [1.807, 2.05) is 6.92 Å². The highest BCUT2D eigenvalue weighted by atomic mass is 16.5. The molecule has 0 aliphatic heterocycles. The molecule has 0 aliphatic rings. The smallest absolute Gasteiger partial charge is 0.315 e. The molecule has 2 amide bonds. The third-order valence-corrected chi connectivity index (χ3v) is 2.03. The van der Waals surface area contributed by atoms with Crippen LogP contribution in [0.25, 0.3) is 0 Å². The van der Waals surface area contributed by atoms with Crippen molar-refractivity contribution in [1.29, 1.82) is 0 Å². The molecular weight excluding hydrogens is 208 g/mol. The van der Waals surface area contributed by atoms with Crippen LogP contribution in [-0.2, 0) is 6.54 Å². The maximum Gasteiger partial charge on any atom is 0.315 e. The van der Waals surface area contributed by atoms with Gasteiger partial charge in [-0.3, -0.25) is 0 Å². The predicted molar refractivity (Wildman–Crippen MR) is 60.6 cm³/mol. The Balaban J connectivity index is 2.55. The number of phenols is 1. The lowest BCUT2D eigenvalue weighted by Crippen LogP contribution is -2.34. The van der Waals surface area contributed by atoms with E-state index in [9.17, 15) is 9.90 Å². The summed E-state index contributed by atoms with van der Waals surface area (Å²) in [6, 6.07) is 4.78. The molecule has 0 aliphatic carbocycles. The van der Waals surface area contributed by atoms with Crippen molar-refractivity contribution in [2.24, 2.45) is 0 Å². The van der Waals surface area contributed by atoms with Gasteiger partial charge in [-0.1, -0.05) is 6.07 Å². The molecule has 0 aromatic heterocycles. The van der Waals surface area contributed by atoms with Gasteiger partial charge in [-0.25, -0.2) is 4.79 Å². The summed E-state index contributed by atoms with van der Waals surface area (Å²) in [5.74, 6) is 0.486. The Labute approximate surface area is 94.4 Å². The number of hydrogen-bond donors (Lipinski definition) is 3. The number of urea groups is 1. The molecule has 0 saturated heterocycles. The van der Waals surface area contributed by atoms with Gasteiger partial charge in [0.15, 0.2) is 11.5 Å². The van der Waals surface area contributed by atoms with Gasteiger partial charge in [-0.15, -0.1) is 0 Å². The van der Waals surface area contributed by atoms with Crippen LogP contribution in [0.5, 0.6) is 11.5 Å². The van der Waals surface area contributed by atoms with Gasteiger partial charge in [0.25, 0.3) is 0 Å². The molecule has 16 heavy (non-hydrogen) atoms. The summed E-state index contributed by atoms with van der Waals surface area (Å²) in [5.41, 5.74) is 0.810. The summed E-state index contributed by atoms with van der Waals surface area (Å²) in [7, 11) is 1.49. The van der Waals surface area contributed by atoms with Crippen molar-refractivity contribution in [1.82, 2.24) is 10.6 Å². The largest absolute Gasteiger partial charge is 0.504 e. The van der Waals surface area contributed by atoms with Crippen LogP contribution in [0.1, 0.15) is 12.5 Å². The molecular formula is C11H16N2O3. The Kier molecular flexibility index (Phi) is 4.44. The zero-order valence-electron chi connectivity index (χ0n) is 9.41. The topological polar surface area (TPSA) is 70.6 Å². The molecule has 1 aromatic rings. The highest BCUT2D eigenvalue weighted by Crippen LogP contribution is 2.25. The number of phenolic OH excluding ortho intramolecular Hbond substituents is 1. The zero-order chi connectivity index (χ0) is 12.0. The maximum atomic E-state index is 11.1. The van der Waals surface area contributed by atoms with Gasteiger partial charge in [-0.05, 0) is 24.6 Å². The fraction of sp³-hybridized carbons (Fsp3) is 0.364. The van der Waals surface area contributed by atoms with Crippen molar-refractivity contribution < 1.29 is 14.6 Å². The Morgan fingerprint density at radius 2 is 2.19 bits per heavy atom. The summed E-state index contributed by atoms with van der Waals surface area (Å²) in [6.07, 6.45) is 0. The van der Waals surface area contributed by atoms with Crippen molar-refractivity contribution in [2.75, 3.05) is 13.7 Å². The monoisotopic (exact) mass is 224 g/mol. The van der Waals surface area contributed by atoms with Crippen molar-refractivity contribution >= 4 is 6.03 Å². The highest BCUT2D eigenvalue weighted by molar-refractivity contribution is 5.73. The van der Waals surface area contributed by atoms with Gasteiger partial charge in [0.2, 0.25) is 0 Å². The normalized spacial score (nSPS) is 9.62. The lowest BCUT2D eigenvalue weighted by Gasteiger charge is -2.08. The average Bonchev–Trinajstić information content (AvgIpc) is 2.27. The maximum absolute atomic E-state index is 11.1. The SMILES string of the molecule is CCNC(=O)NCc1ccc(OC)c(O)c1. The van der Waals surface area contributed by atoms with E-state index in [1.165, 1.54) is 7.11 Å². The van der Waals surface area contributed by atoms with Crippen molar-refractivity contribution in [2.45, 2.75) is 13.5 Å².